The van der Waals surface area contributed by atoms with Gasteiger partial charge in [0.05, 0.1) is 13.2 Å². The lowest BCUT2D eigenvalue weighted by atomic mass is 10.2. The van der Waals surface area contributed by atoms with E-state index in [1.54, 1.807) is 0 Å². The molecule has 1 aliphatic heterocycles. The Morgan fingerprint density at radius 3 is 3.05 bits per heavy atom. The molecule has 1 atom stereocenters. The Kier molecular flexibility index (Phi) is 4.10. The number of carboxylic acid groups (broad SMARTS) is 1. The zero-order chi connectivity index (χ0) is 13.8. The van der Waals surface area contributed by atoms with Gasteiger partial charge < -0.3 is 14.7 Å². The summed E-state index contributed by atoms with van der Waals surface area (Å²) in [6.07, 6.45) is 1.59. The lowest BCUT2D eigenvalue weighted by molar-refractivity contribution is -0.147. The van der Waals surface area contributed by atoms with Crippen molar-refractivity contribution in [2.75, 3.05) is 19.8 Å². The Morgan fingerprint density at radius 2 is 2.37 bits per heavy atom. The first kappa shape index (κ1) is 13.5. The molecule has 1 fully saturated rings. The van der Waals surface area contributed by atoms with E-state index in [0.29, 0.717) is 18.9 Å². The van der Waals surface area contributed by atoms with E-state index in [4.69, 9.17) is 9.84 Å². The topological polar surface area (TPSA) is 108 Å². The lowest BCUT2D eigenvalue weighted by Gasteiger charge is -2.31. The van der Waals surface area contributed by atoms with Crippen LogP contribution in [-0.4, -0.2) is 62.9 Å². The number of nitrogens with one attached hydrogen (secondary N) is 1. The summed E-state index contributed by atoms with van der Waals surface area (Å²) in [5.41, 5.74) is 0. The molecule has 0 saturated carbocycles. The summed E-state index contributed by atoms with van der Waals surface area (Å²) in [5.74, 6) is -0.922. The number of carbonyl (C=O) groups excluding carboxylic acids is 1. The van der Waals surface area contributed by atoms with Crippen molar-refractivity contribution >= 4 is 11.9 Å². The fraction of sp³-hybridized carbons (Fsp3) is 0.636. The van der Waals surface area contributed by atoms with E-state index in [2.05, 4.69) is 15.2 Å². The highest BCUT2D eigenvalue weighted by Gasteiger charge is 2.34. The maximum Gasteiger partial charge on any atom is 0.328 e. The number of aryl methyl sites for hydroxylation is 1. The van der Waals surface area contributed by atoms with Gasteiger partial charge in [0.1, 0.15) is 5.82 Å². The first-order valence-electron chi connectivity index (χ1n) is 6.16. The summed E-state index contributed by atoms with van der Waals surface area (Å²) in [7, 11) is 0. The van der Waals surface area contributed by atoms with E-state index in [-0.39, 0.29) is 19.0 Å². The second kappa shape index (κ2) is 5.79. The molecular formula is C11H16N4O4. The third-order valence-corrected chi connectivity index (χ3v) is 2.88. The predicted molar refractivity (Wildman–Crippen MR) is 63.7 cm³/mol. The van der Waals surface area contributed by atoms with E-state index in [9.17, 15) is 9.59 Å². The maximum absolute atomic E-state index is 12.2. The molecule has 1 aliphatic rings. The number of hydrogen-bond donors (Lipinski definition) is 2. The molecule has 1 saturated heterocycles. The van der Waals surface area contributed by atoms with Gasteiger partial charge in [-0.05, 0) is 6.42 Å². The third-order valence-electron chi connectivity index (χ3n) is 2.88. The summed E-state index contributed by atoms with van der Waals surface area (Å²) < 4.78 is 5.08. The zero-order valence-electron chi connectivity index (χ0n) is 10.6. The minimum atomic E-state index is -1.09. The van der Waals surface area contributed by atoms with Gasteiger partial charge in [-0.1, -0.05) is 6.92 Å². The Labute approximate surface area is 109 Å². The normalized spacial score (nSPS) is 19.4. The smallest absolute Gasteiger partial charge is 0.328 e. The largest absolute Gasteiger partial charge is 0.480 e. The monoisotopic (exact) mass is 268 g/mol. The number of hydrogen-bond acceptors (Lipinski definition) is 5. The molecule has 19 heavy (non-hydrogen) atoms. The molecule has 1 amide bonds. The number of morpholine rings is 1. The van der Waals surface area contributed by atoms with Crippen molar-refractivity contribution < 1.29 is 19.4 Å². The second-order valence-electron chi connectivity index (χ2n) is 4.28. The highest BCUT2D eigenvalue weighted by Crippen LogP contribution is 2.11. The number of aromatic nitrogens is 3. The van der Waals surface area contributed by atoms with Crippen LogP contribution in [0.2, 0.25) is 0 Å². The van der Waals surface area contributed by atoms with Crippen LogP contribution in [0.25, 0.3) is 0 Å². The molecule has 0 aromatic carbocycles. The third kappa shape index (κ3) is 2.90. The number of aliphatic carboxylic acids is 1. The van der Waals surface area contributed by atoms with Gasteiger partial charge in [0.2, 0.25) is 5.82 Å². The molecule has 0 spiro atoms. The number of H-pyrrole nitrogens is 1. The second-order valence-corrected chi connectivity index (χ2v) is 4.28. The van der Waals surface area contributed by atoms with Gasteiger partial charge in [0.15, 0.2) is 6.04 Å². The van der Waals surface area contributed by atoms with Crippen molar-refractivity contribution in [1.82, 2.24) is 20.1 Å². The Balaban J connectivity index is 2.14. The van der Waals surface area contributed by atoms with Crippen molar-refractivity contribution in [3.63, 3.8) is 0 Å². The SMILES string of the molecule is CCCc1nc(C(=O)N2CCOCC2C(=O)O)n[nH]1. The molecule has 0 aliphatic carbocycles. The van der Waals surface area contributed by atoms with Crippen molar-refractivity contribution in [2.45, 2.75) is 25.8 Å². The molecule has 0 bridgehead atoms. The van der Waals surface area contributed by atoms with Gasteiger partial charge in [-0.2, -0.15) is 0 Å². The Bertz CT molecular complexity index is 473. The summed E-state index contributed by atoms with van der Waals surface area (Å²) in [4.78, 5) is 28.6. The molecule has 0 radical (unpaired) electrons. The van der Waals surface area contributed by atoms with Crippen molar-refractivity contribution in [3.05, 3.63) is 11.6 Å². The minimum absolute atomic E-state index is 0.00663. The highest BCUT2D eigenvalue weighted by molar-refractivity contribution is 5.93. The Hall–Kier alpha value is -1.96. The molecule has 2 rings (SSSR count). The van der Waals surface area contributed by atoms with Gasteiger partial charge >= 0.3 is 5.97 Å². The number of amides is 1. The van der Waals surface area contributed by atoms with Gasteiger partial charge in [0.25, 0.3) is 5.91 Å². The van der Waals surface area contributed by atoms with Gasteiger partial charge in [-0.25, -0.2) is 9.78 Å². The average Bonchev–Trinajstić information content (AvgIpc) is 2.87. The molecule has 1 unspecified atom stereocenters. The molecule has 104 valence electrons. The first-order valence-corrected chi connectivity index (χ1v) is 6.16. The molecular weight excluding hydrogens is 252 g/mol. The quantitative estimate of drug-likeness (QED) is 0.775. The van der Waals surface area contributed by atoms with Crippen LogP contribution in [0.3, 0.4) is 0 Å². The first-order chi connectivity index (χ1) is 9.13. The standard InChI is InChI=1S/C11H16N4O4/c1-2-3-8-12-9(14-13-8)10(16)15-4-5-19-6-7(15)11(17)18/h7H,2-6H2,1H3,(H,17,18)(H,12,13,14). The van der Waals surface area contributed by atoms with Crippen LogP contribution in [0.15, 0.2) is 0 Å². The van der Waals surface area contributed by atoms with Gasteiger partial charge in [0, 0.05) is 13.0 Å². The summed E-state index contributed by atoms with van der Waals surface area (Å²) >= 11 is 0. The van der Waals surface area contributed by atoms with Crippen LogP contribution in [-0.2, 0) is 16.0 Å². The van der Waals surface area contributed by atoms with Crippen LogP contribution in [0.5, 0.6) is 0 Å². The van der Waals surface area contributed by atoms with Crippen molar-refractivity contribution in [3.8, 4) is 0 Å². The molecule has 1 aromatic rings. The fourth-order valence-electron chi connectivity index (χ4n) is 1.92. The van der Waals surface area contributed by atoms with Crippen LogP contribution in [0.4, 0.5) is 0 Å². The fourth-order valence-corrected chi connectivity index (χ4v) is 1.92. The van der Waals surface area contributed by atoms with E-state index < -0.39 is 17.9 Å². The van der Waals surface area contributed by atoms with Gasteiger partial charge in [-0.15, -0.1) is 5.10 Å². The maximum atomic E-state index is 12.2. The number of carboxylic acids is 1. The lowest BCUT2D eigenvalue weighted by Crippen LogP contribution is -2.52. The highest BCUT2D eigenvalue weighted by atomic mass is 16.5. The molecule has 8 heteroatoms. The minimum Gasteiger partial charge on any atom is -0.480 e. The molecule has 1 aromatic heterocycles. The van der Waals surface area contributed by atoms with Crippen LogP contribution in [0.1, 0.15) is 29.8 Å². The summed E-state index contributed by atoms with van der Waals surface area (Å²) in [5, 5.41) is 15.6. The number of aromatic amines is 1. The molecule has 2 N–H and O–H groups in total. The van der Waals surface area contributed by atoms with E-state index in [0.717, 1.165) is 6.42 Å². The molecule has 8 nitrogen and oxygen atoms in total. The van der Waals surface area contributed by atoms with Crippen molar-refractivity contribution in [1.29, 1.82) is 0 Å². The number of ether oxygens (including phenoxy) is 1. The zero-order valence-corrected chi connectivity index (χ0v) is 10.6. The van der Waals surface area contributed by atoms with E-state index in [1.807, 2.05) is 6.92 Å². The predicted octanol–water partition coefficient (Wildman–Crippen LogP) is -0.317. The van der Waals surface area contributed by atoms with Crippen molar-refractivity contribution in [2.24, 2.45) is 0 Å². The van der Waals surface area contributed by atoms with E-state index in [1.165, 1.54) is 4.90 Å². The number of rotatable bonds is 4. The Morgan fingerprint density at radius 1 is 1.58 bits per heavy atom. The summed E-state index contributed by atoms with van der Waals surface area (Å²) in [6, 6.07) is -0.977. The average molecular weight is 268 g/mol. The van der Waals surface area contributed by atoms with Crippen LogP contribution >= 0.6 is 0 Å². The number of nitrogens with zero attached hydrogens (tertiary/aromatic N) is 3. The van der Waals surface area contributed by atoms with Crippen LogP contribution < -0.4 is 0 Å². The van der Waals surface area contributed by atoms with Gasteiger partial charge in [-0.3, -0.25) is 9.89 Å². The van der Waals surface area contributed by atoms with E-state index >= 15 is 0 Å². The molecule has 2 heterocycles. The van der Waals surface area contributed by atoms with Crippen LogP contribution in [0, 0.1) is 0 Å². The summed E-state index contributed by atoms with van der Waals surface area (Å²) in [6.45, 7) is 2.54. The number of carbonyl (C=O) groups is 2.